The van der Waals surface area contributed by atoms with Gasteiger partial charge in [0.2, 0.25) is 0 Å². The van der Waals surface area contributed by atoms with Crippen molar-refractivity contribution in [3.63, 3.8) is 0 Å². The predicted molar refractivity (Wildman–Crippen MR) is 127 cm³/mol. The van der Waals surface area contributed by atoms with Crippen LogP contribution in [-0.2, 0) is 22.4 Å². The third kappa shape index (κ3) is 5.76. The number of carbonyl (C=O) groups is 2. The minimum Gasteiger partial charge on any atom is -0.452 e. The van der Waals surface area contributed by atoms with Gasteiger partial charge in [0.05, 0.1) is 5.56 Å². The van der Waals surface area contributed by atoms with Crippen LogP contribution in [0.2, 0.25) is 0 Å². The molecule has 0 aromatic heterocycles. The van der Waals surface area contributed by atoms with E-state index >= 15 is 0 Å². The monoisotopic (exact) mass is 428 g/mol. The number of nitrogens with one attached hydrogen (secondary N) is 1. The summed E-state index contributed by atoms with van der Waals surface area (Å²) in [5.41, 5.74) is 4.49. The number of benzene rings is 3. The molecule has 5 nitrogen and oxygen atoms in total. The summed E-state index contributed by atoms with van der Waals surface area (Å²) in [7, 11) is 0. The molecule has 1 amide bonds. The van der Waals surface area contributed by atoms with Crippen molar-refractivity contribution in [1.82, 2.24) is 0 Å². The molecule has 32 heavy (non-hydrogen) atoms. The minimum absolute atomic E-state index is 0.320. The van der Waals surface area contributed by atoms with Crippen molar-refractivity contribution < 1.29 is 14.3 Å². The first kappa shape index (κ1) is 21.6. The van der Waals surface area contributed by atoms with E-state index in [0.29, 0.717) is 11.3 Å². The molecular weight excluding hydrogens is 400 g/mol. The van der Waals surface area contributed by atoms with Crippen molar-refractivity contribution in [1.29, 1.82) is 0 Å². The number of aryl methyl sites for hydroxylation is 2. The number of ether oxygens (including phenoxy) is 1. The number of rotatable bonds is 8. The zero-order valence-corrected chi connectivity index (χ0v) is 18.1. The first-order chi connectivity index (χ1) is 15.7. The van der Waals surface area contributed by atoms with Crippen LogP contribution in [0.4, 0.5) is 11.4 Å². The molecule has 1 heterocycles. The topological polar surface area (TPSA) is 58.6 Å². The SMILES string of the molecule is O=C(COC(=O)c1ccccc1CCc1ccccc1)Nc1ccc(N2CCCC2)cc1. The number of hydrogen-bond donors (Lipinski definition) is 1. The average molecular weight is 429 g/mol. The highest BCUT2D eigenvalue weighted by atomic mass is 16.5. The third-order valence-corrected chi connectivity index (χ3v) is 5.72. The predicted octanol–water partition coefficient (Wildman–Crippen LogP) is 4.87. The summed E-state index contributed by atoms with van der Waals surface area (Å²) in [6, 6.07) is 25.3. The highest BCUT2D eigenvalue weighted by Gasteiger charge is 2.15. The summed E-state index contributed by atoms with van der Waals surface area (Å²) in [6.07, 6.45) is 4.00. The Kier molecular flexibility index (Phi) is 7.18. The Balaban J connectivity index is 1.29. The second kappa shape index (κ2) is 10.6. The Morgan fingerprint density at radius 3 is 2.25 bits per heavy atom. The van der Waals surface area contributed by atoms with Gasteiger partial charge in [0.15, 0.2) is 6.61 Å². The van der Waals surface area contributed by atoms with Crippen molar-refractivity contribution in [3.05, 3.63) is 95.6 Å². The number of nitrogens with zero attached hydrogens (tertiary/aromatic N) is 1. The van der Waals surface area contributed by atoms with E-state index in [-0.39, 0.29) is 12.5 Å². The molecule has 0 atom stereocenters. The lowest BCUT2D eigenvalue weighted by Crippen LogP contribution is -2.21. The number of anilines is 2. The zero-order chi connectivity index (χ0) is 22.2. The molecule has 1 saturated heterocycles. The highest BCUT2D eigenvalue weighted by molar-refractivity contribution is 5.96. The van der Waals surface area contributed by atoms with E-state index in [1.54, 1.807) is 6.07 Å². The molecule has 0 spiro atoms. The standard InChI is InChI=1S/C27H28N2O3/c30-26(28-23-14-16-24(17-15-23)29-18-6-7-19-29)20-32-27(31)25-11-5-4-10-22(25)13-12-21-8-2-1-3-9-21/h1-5,8-11,14-17H,6-7,12-13,18-20H2,(H,28,30). The maximum absolute atomic E-state index is 12.6. The zero-order valence-electron chi connectivity index (χ0n) is 18.1. The van der Waals surface area contributed by atoms with Crippen LogP contribution in [0.3, 0.4) is 0 Å². The molecular formula is C27H28N2O3. The molecule has 1 aliphatic heterocycles. The summed E-state index contributed by atoms with van der Waals surface area (Å²) in [6.45, 7) is 1.84. The third-order valence-electron chi connectivity index (χ3n) is 5.72. The summed E-state index contributed by atoms with van der Waals surface area (Å²) in [5.74, 6) is -0.831. The second-order valence-corrected chi connectivity index (χ2v) is 8.01. The van der Waals surface area contributed by atoms with Gasteiger partial charge in [-0.2, -0.15) is 0 Å². The van der Waals surface area contributed by atoms with Gasteiger partial charge in [-0.15, -0.1) is 0 Å². The summed E-state index contributed by atoms with van der Waals surface area (Å²) >= 11 is 0. The van der Waals surface area contributed by atoms with Crippen LogP contribution in [0, 0.1) is 0 Å². The number of esters is 1. The van der Waals surface area contributed by atoms with Crippen molar-refractivity contribution >= 4 is 23.3 Å². The average Bonchev–Trinajstić information content (AvgIpc) is 3.38. The lowest BCUT2D eigenvalue weighted by atomic mass is 10.00. The Labute approximate surface area is 189 Å². The molecule has 0 aliphatic carbocycles. The van der Waals surface area contributed by atoms with Gasteiger partial charge in [0, 0.05) is 24.5 Å². The van der Waals surface area contributed by atoms with Crippen molar-refractivity contribution in [2.45, 2.75) is 25.7 Å². The minimum atomic E-state index is -0.479. The normalized spacial score (nSPS) is 13.1. The molecule has 0 saturated carbocycles. The van der Waals surface area contributed by atoms with Gasteiger partial charge < -0.3 is 15.0 Å². The maximum atomic E-state index is 12.6. The number of carbonyl (C=O) groups excluding carboxylic acids is 2. The fourth-order valence-corrected chi connectivity index (χ4v) is 4.00. The van der Waals surface area contributed by atoms with E-state index in [4.69, 9.17) is 4.74 Å². The number of amides is 1. The first-order valence-corrected chi connectivity index (χ1v) is 11.1. The quantitative estimate of drug-likeness (QED) is 0.520. The van der Waals surface area contributed by atoms with Crippen molar-refractivity contribution in [3.8, 4) is 0 Å². The van der Waals surface area contributed by atoms with Crippen molar-refractivity contribution in [2.75, 3.05) is 29.9 Å². The largest absolute Gasteiger partial charge is 0.452 e. The molecule has 164 valence electrons. The van der Waals surface area contributed by atoms with E-state index in [1.165, 1.54) is 24.1 Å². The van der Waals surface area contributed by atoms with Crippen molar-refractivity contribution in [2.24, 2.45) is 0 Å². The lowest BCUT2D eigenvalue weighted by molar-refractivity contribution is -0.119. The summed E-state index contributed by atoms with van der Waals surface area (Å²) in [5, 5.41) is 2.79. The fraction of sp³-hybridized carbons (Fsp3) is 0.259. The lowest BCUT2D eigenvalue weighted by Gasteiger charge is -2.17. The fourth-order valence-electron chi connectivity index (χ4n) is 4.00. The smallest absolute Gasteiger partial charge is 0.338 e. The Bertz CT molecular complexity index is 1040. The van der Waals surface area contributed by atoms with Crippen LogP contribution >= 0.6 is 0 Å². The molecule has 5 heteroatoms. The van der Waals surface area contributed by atoms with Gasteiger partial charge in [-0.25, -0.2) is 4.79 Å². The highest BCUT2D eigenvalue weighted by Crippen LogP contribution is 2.22. The van der Waals surface area contributed by atoms with Gasteiger partial charge in [-0.1, -0.05) is 48.5 Å². The van der Waals surface area contributed by atoms with Crippen LogP contribution in [0.15, 0.2) is 78.9 Å². The van der Waals surface area contributed by atoms with E-state index < -0.39 is 5.97 Å². The Morgan fingerprint density at radius 1 is 0.812 bits per heavy atom. The Hall–Kier alpha value is -3.60. The molecule has 3 aromatic rings. The van der Waals surface area contributed by atoms with E-state index in [0.717, 1.165) is 31.5 Å². The maximum Gasteiger partial charge on any atom is 0.338 e. The van der Waals surface area contributed by atoms with Gasteiger partial charge in [0.1, 0.15) is 0 Å². The second-order valence-electron chi connectivity index (χ2n) is 8.01. The molecule has 0 radical (unpaired) electrons. The molecule has 3 aromatic carbocycles. The van der Waals surface area contributed by atoms with Gasteiger partial charge in [0.25, 0.3) is 5.91 Å². The molecule has 0 bridgehead atoms. The molecule has 1 fully saturated rings. The van der Waals surface area contributed by atoms with Gasteiger partial charge in [-0.05, 0) is 67.1 Å². The van der Waals surface area contributed by atoms with Gasteiger partial charge in [-0.3, -0.25) is 4.79 Å². The molecule has 4 rings (SSSR count). The summed E-state index contributed by atoms with van der Waals surface area (Å²) in [4.78, 5) is 27.2. The van der Waals surface area contributed by atoms with E-state index in [1.807, 2.05) is 60.7 Å². The Morgan fingerprint density at radius 2 is 1.50 bits per heavy atom. The first-order valence-electron chi connectivity index (χ1n) is 11.1. The molecule has 1 N–H and O–H groups in total. The van der Waals surface area contributed by atoms with E-state index in [9.17, 15) is 9.59 Å². The summed E-state index contributed by atoms with van der Waals surface area (Å²) < 4.78 is 5.30. The molecule has 1 aliphatic rings. The number of hydrogen-bond acceptors (Lipinski definition) is 4. The van der Waals surface area contributed by atoms with Crippen LogP contribution in [0.5, 0.6) is 0 Å². The van der Waals surface area contributed by atoms with Crippen LogP contribution in [0.25, 0.3) is 0 Å². The van der Waals surface area contributed by atoms with Crippen LogP contribution < -0.4 is 10.2 Å². The van der Waals surface area contributed by atoms with E-state index in [2.05, 4.69) is 22.3 Å². The van der Waals surface area contributed by atoms with Crippen LogP contribution in [-0.4, -0.2) is 31.6 Å². The molecule has 0 unspecified atom stereocenters. The van der Waals surface area contributed by atoms with Gasteiger partial charge >= 0.3 is 5.97 Å². The van der Waals surface area contributed by atoms with Crippen LogP contribution in [0.1, 0.15) is 34.3 Å².